The van der Waals surface area contributed by atoms with Gasteiger partial charge in [0.05, 0.1) is 19.6 Å². The standard InChI is InChI=1S/C35H59N2O4.HI/c1-6-37(19-11-8-12-20-37)31-22-29-27-14-13-26-21-32(40-24(2)38)30(36-17-9-7-10-18-36)23-35(26,5)28(27)15-16-34(29,4)33(31)41-25(3)39;/h26-33H,6-23H2,1-5H3;1H/q+1;/p-1/t26?,27?,28?,29?,30?,31?,32-,33?,34?,35?;/m0./s1. The van der Waals surface area contributed by atoms with Gasteiger partial charge in [0, 0.05) is 31.7 Å². The molecule has 6 rings (SSSR count). The Labute approximate surface area is 273 Å². The summed E-state index contributed by atoms with van der Waals surface area (Å²) in [6.45, 7) is 16.8. The van der Waals surface area contributed by atoms with Crippen molar-refractivity contribution in [3.8, 4) is 0 Å². The van der Waals surface area contributed by atoms with Crippen LogP contribution >= 0.6 is 0 Å². The maximum absolute atomic E-state index is 12.6. The van der Waals surface area contributed by atoms with E-state index < -0.39 is 0 Å². The maximum Gasteiger partial charge on any atom is 0.303 e. The average molecular weight is 699 g/mol. The Bertz CT molecular complexity index is 980. The van der Waals surface area contributed by atoms with Gasteiger partial charge in [-0.05, 0) is 120 Å². The van der Waals surface area contributed by atoms with Gasteiger partial charge in [-0.25, -0.2) is 0 Å². The molecule has 0 spiro atoms. The van der Waals surface area contributed by atoms with Gasteiger partial charge in [-0.15, -0.1) is 0 Å². The van der Waals surface area contributed by atoms with Gasteiger partial charge in [0.1, 0.15) is 12.1 Å². The van der Waals surface area contributed by atoms with Gasteiger partial charge < -0.3 is 37.9 Å². The first kappa shape index (κ1) is 33.0. The van der Waals surface area contributed by atoms with Crippen LogP contribution in [0.5, 0.6) is 0 Å². The van der Waals surface area contributed by atoms with Gasteiger partial charge in [0.15, 0.2) is 6.10 Å². The van der Waals surface area contributed by atoms with Crippen LogP contribution in [0.15, 0.2) is 0 Å². The number of piperidine rings is 2. The molecule has 10 atom stereocenters. The van der Waals surface area contributed by atoms with Crippen molar-refractivity contribution in [1.29, 1.82) is 0 Å². The number of nitrogens with zero attached hydrogens (tertiary/aromatic N) is 2. The van der Waals surface area contributed by atoms with E-state index >= 15 is 0 Å². The number of likely N-dealkylation sites (N-methyl/N-ethyl adjacent to an activating group) is 1. The van der Waals surface area contributed by atoms with Crippen LogP contribution in [0.2, 0.25) is 0 Å². The second kappa shape index (κ2) is 12.8. The summed E-state index contributed by atoms with van der Waals surface area (Å²) >= 11 is 0. The topological polar surface area (TPSA) is 55.8 Å². The second-order valence-corrected chi connectivity index (χ2v) is 15.8. The number of esters is 2. The maximum atomic E-state index is 12.6. The summed E-state index contributed by atoms with van der Waals surface area (Å²) in [7, 11) is 0. The van der Waals surface area contributed by atoms with Gasteiger partial charge >= 0.3 is 11.9 Å². The van der Waals surface area contributed by atoms with Gasteiger partial charge in [-0.1, -0.05) is 20.3 Å². The zero-order chi connectivity index (χ0) is 29.0. The van der Waals surface area contributed by atoms with Crippen molar-refractivity contribution in [2.24, 2.45) is 34.5 Å². The van der Waals surface area contributed by atoms with E-state index in [1.807, 2.05) is 0 Å². The minimum atomic E-state index is -0.109. The lowest BCUT2D eigenvalue weighted by molar-refractivity contribution is -0.956. The van der Waals surface area contributed by atoms with E-state index in [0.717, 1.165) is 32.0 Å². The van der Waals surface area contributed by atoms with E-state index in [1.165, 1.54) is 94.6 Å². The molecule has 7 heteroatoms. The first-order chi connectivity index (χ1) is 19.6. The molecule has 4 saturated carbocycles. The van der Waals surface area contributed by atoms with Crippen molar-refractivity contribution in [2.45, 2.75) is 142 Å². The van der Waals surface area contributed by atoms with Crippen LogP contribution in [0.3, 0.4) is 0 Å². The summed E-state index contributed by atoms with van der Waals surface area (Å²) < 4.78 is 13.7. The minimum Gasteiger partial charge on any atom is -1.00 e. The summed E-state index contributed by atoms with van der Waals surface area (Å²) in [5, 5.41) is 0. The number of quaternary nitrogens is 1. The number of fused-ring (bicyclic) bond motifs is 5. The van der Waals surface area contributed by atoms with Crippen molar-refractivity contribution in [1.82, 2.24) is 4.90 Å². The number of hydrogen-bond donors (Lipinski definition) is 0. The Morgan fingerprint density at radius 3 is 2.14 bits per heavy atom. The molecule has 2 saturated heterocycles. The molecule has 6 nitrogen and oxygen atoms in total. The fourth-order valence-corrected chi connectivity index (χ4v) is 12.1. The molecular formula is C35H59IN2O4. The molecule has 240 valence electrons. The molecule has 0 aromatic heterocycles. The minimum absolute atomic E-state index is 0. The number of likely N-dealkylation sites (tertiary alicyclic amines) is 2. The van der Waals surface area contributed by atoms with Crippen LogP contribution in [0.1, 0.15) is 118 Å². The summed E-state index contributed by atoms with van der Waals surface area (Å²) in [4.78, 5) is 27.5. The first-order valence-corrected chi connectivity index (χ1v) is 17.6. The molecule has 0 aromatic rings. The van der Waals surface area contributed by atoms with Gasteiger partial charge in [-0.2, -0.15) is 0 Å². The molecule has 0 N–H and O–H groups in total. The molecule has 0 bridgehead atoms. The highest BCUT2D eigenvalue weighted by molar-refractivity contribution is 5.66. The van der Waals surface area contributed by atoms with E-state index in [9.17, 15) is 9.59 Å². The third-order valence-corrected chi connectivity index (χ3v) is 14.1. The summed E-state index contributed by atoms with van der Waals surface area (Å²) in [6, 6.07) is 0.809. The zero-order valence-electron chi connectivity index (χ0n) is 27.3. The molecule has 6 fully saturated rings. The van der Waals surface area contributed by atoms with Crippen LogP contribution in [0, 0.1) is 34.5 Å². The fourth-order valence-electron chi connectivity index (χ4n) is 12.1. The molecule has 2 heterocycles. The SMILES string of the molecule is CC[N+]1(C2CC3C4CCC5C[C@H](OC(C)=O)C(N6CCCCC6)CC5(C)C4CCC3(C)C2OC(C)=O)CCCCC1.[I-]. The van der Waals surface area contributed by atoms with Crippen molar-refractivity contribution >= 4 is 11.9 Å². The number of ether oxygens (including phenoxy) is 2. The molecule has 0 radical (unpaired) electrons. The van der Waals surface area contributed by atoms with Crippen LogP contribution in [0.4, 0.5) is 0 Å². The third-order valence-electron chi connectivity index (χ3n) is 14.1. The van der Waals surface area contributed by atoms with E-state index in [1.54, 1.807) is 13.8 Å². The highest BCUT2D eigenvalue weighted by atomic mass is 127. The van der Waals surface area contributed by atoms with Gasteiger partial charge in [-0.3, -0.25) is 14.5 Å². The Kier molecular flexibility index (Phi) is 10.0. The molecule has 4 aliphatic carbocycles. The molecule has 42 heavy (non-hydrogen) atoms. The van der Waals surface area contributed by atoms with E-state index in [2.05, 4.69) is 25.7 Å². The van der Waals surface area contributed by atoms with Crippen LogP contribution in [-0.4, -0.2) is 78.3 Å². The monoisotopic (exact) mass is 698 g/mol. The van der Waals surface area contributed by atoms with E-state index in [-0.39, 0.29) is 53.5 Å². The van der Waals surface area contributed by atoms with E-state index in [0.29, 0.717) is 35.3 Å². The van der Waals surface area contributed by atoms with Crippen LogP contribution in [0.25, 0.3) is 0 Å². The first-order valence-electron chi connectivity index (χ1n) is 17.6. The Morgan fingerprint density at radius 1 is 0.833 bits per heavy atom. The molecule has 6 aliphatic rings. The Morgan fingerprint density at radius 2 is 1.50 bits per heavy atom. The average Bonchev–Trinajstić information content (AvgIpc) is 3.25. The van der Waals surface area contributed by atoms with Crippen molar-refractivity contribution in [3.63, 3.8) is 0 Å². The molecule has 0 amide bonds. The van der Waals surface area contributed by atoms with E-state index in [4.69, 9.17) is 9.47 Å². The van der Waals surface area contributed by atoms with Gasteiger partial charge in [0.2, 0.25) is 0 Å². The molecular weight excluding hydrogens is 639 g/mol. The summed E-state index contributed by atoms with van der Waals surface area (Å²) in [6.07, 6.45) is 16.4. The smallest absolute Gasteiger partial charge is 0.303 e. The van der Waals surface area contributed by atoms with Crippen molar-refractivity contribution in [3.05, 3.63) is 0 Å². The van der Waals surface area contributed by atoms with Crippen molar-refractivity contribution in [2.75, 3.05) is 32.7 Å². The predicted molar refractivity (Wildman–Crippen MR) is 161 cm³/mol. The van der Waals surface area contributed by atoms with Crippen molar-refractivity contribution < 1.29 is 47.5 Å². The largest absolute Gasteiger partial charge is 1.00 e. The highest BCUT2D eigenvalue weighted by Crippen LogP contribution is 2.67. The van der Waals surface area contributed by atoms with Crippen LogP contribution < -0.4 is 24.0 Å². The number of carbonyl (C=O) groups is 2. The lowest BCUT2D eigenvalue weighted by Gasteiger charge is -2.62. The quantitative estimate of drug-likeness (QED) is 0.251. The third kappa shape index (κ3) is 5.60. The highest BCUT2D eigenvalue weighted by Gasteiger charge is 2.67. The summed E-state index contributed by atoms with van der Waals surface area (Å²) in [5.74, 6) is 2.51. The summed E-state index contributed by atoms with van der Waals surface area (Å²) in [5.41, 5.74) is 0.375. The number of rotatable bonds is 5. The normalized spacial score (nSPS) is 45.0. The Balaban J connectivity index is 0.00000353. The predicted octanol–water partition coefficient (Wildman–Crippen LogP) is 3.36. The lowest BCUT2D eigenvalue weighted by Crippen LogP contribution is -3.00. The molecule has 9 unspecified atom stereocenters. The molecule has 0 aromatic carbocycles. The molecule has 2 aliphatic heterocycles. The number of halogens is 1. The second-order valence-electron chi connectivity index (χ2n) is 15.8. The van der Waals surface area contributed by atoms with Crippen LogP contribution in [-0.2, 0) is 19.1 Å². The fraction of sp³-hybridized carbons (Fsp3) is 0.943. The lowest BCUT2D eigenvalue weighted by atomic mass is 9.44. The number of carbonyl (C=O) groups excluding carboxylic acids is 2. The zero-order valence-corrected chi connectivity index (χ0v) is 29.4. The Hall–Kier alpha value is -0.410. The number of hydrogen-bond acceptors (Lipinski definition) is 5. The van der Waals surface area contributed by atoms with Gasteiger partial charge in [0.25, 0.3) is 0 Å².